The van der Waals surface area contributed by atoms with E-state index in [0.717, 1.165) is 31.4 Å². The molecule has 2 aromatic rings. The third-order valence-electron chi connectivity index (χ3n) is 3.90. The molecule has 0 bridgehead atoms. The first-order valence-electron chi connectivity index (χ1n) is 6.90. The first kappa shape index (κ1) is 15.1. The summed E-state index contributed by atoms with van der Waals surface area (Å²) in [5.41, 5.74) is 3.75. The summed E-state index contributed by atoms with van der Waals surface area (Å²) >= 11 is 0. The lowest BCUT2D eigenvalue weighted by Gasteiger charge is -2.26. The number of phenolic OH excluding ortho intramolecular Hbond substituents is 1. The molecular formula is C17H20BrNO. The van der Waals surface area contributed by atoms with E-state index in [-0.39, 0.29) is 17.0 Å². The zero-order chi connectivity index (χ0) is 13.1. The van der Waals surface area contributed by atoms with Crippen molar-refractivity contribution >= 4 is 17.0 Å². The second kappa shape index (κ2) is 6.91. The van der Waals surface area contributed by atoms with Gasteiger partial charge in [0.1, 0.15) is 5.75 Å². The van der Waals surface area contributed by atoms with E-state index in [4.69, 9.17) is 0 Å². The maximum atomic E-state index is 9.83. The van der Waals surface area contributed by atoms with E-state index in [1.165, 1.54) is 11.1 Å². The van der Waals surface area contributed by atoms with Crippen LogP contribution in [0.15, 0.2) is 48.5 Å². The molecule has 0 spiro atoms. The monoisotopic (exact) mass is 333 g/mol. The van der Waals surface area contributed by atoms with E-state index < -0.39 is 0 Å². The molecule has 3 heteroatoms. The van der Waals surface area contributed by atoms with Crippen molar-refractivity contribution in [2.45, 2.75) is 31.8 Å². The Labute approximate surface area is 130 Å². The maximum Gasteiger partial charge on any atom is 0.119 e. The van der Waals surface area contributed by atoms with Crippen molar-refractivity contribution in [3.63, 3.8) is 0 Å². The predicted molar refractivity (Wildman–Crippen MR) is 87.5 cm³/mol. The molecule has 0 heterocycles. The zero-order valence-electron chi connectivity index (χ0n) is 11.4. The van der Waals surface area contributed by atoms with E-state index in [2.05, 4.69) is 35.6 Å². The molecule has 1 atom stereocenters. The van der Waals surface area contributed by atoms with Gasteiger partial charge in [-0.25, -0.2) is 0 Å². The van der Waals surface area contributed by atoms with Gasteiger partial charge in [-0.2, -0.15) is 0 Å². The fourth-order valence-electron chi connectivity index (χ4n) is 2.82. The van der Waals surface area contributed by atoms with Crippen molar-refractivity contribution in [3.8, 4) is 5.75 Å². The third kappa shape index (κ3) is 3.41. The molecular weight excluding hydrogens is 314 g/mol. The van der Waals surface area contributed by atoms with Crippen LogP contribution in [-0.2, 0) is 19.4 Å². The first-order valence-corrected chi connectivity index (χ1v) is 6.90. The zero-order valence-corrected chi connectivity index (χ0v) is 13.1. The Balaban J connectivity index is 0.00000147. The molecule has 2 aromatic carbocycles. The minimum Gasteiger partial charge on any atom is -0.508 e. The van der Waals surface area contributed by atoms with Crippen LogP contribution in [-0.4, -0.2) is 11.1 Å². The molecule has 0 amide bonds. The van der Waals surface area contributed by atoms with Crippen molar-refractivity contribution in [2.75, 3.05) is 0 Å². The molecule has 2 N–H and O–H groups in total. The minimum absolute atomic E-state index is 0. The van der Waals surface area contributed by atoms with Gasteiger partial charge < -0.3 is 10.4 Å². The molecule has 2 nitrogen and oxygen atoms in total. The Kier molecular flexibility index (Phi) is 5.21. The molecule has 0 aromatic heterocycles. The van der Waals surface area contributed by atoms with E-state index >= 15 is 0 Å². The van der Waals surface area contributed by atoms with Crippen LogP contribution in [0.4, 0.5) is 0 Å². The van der Waals surface area contributed by atoms with Gasteiger partial charge in [0.2, 0.25) is 0 Å². The van der Waals surface area contributed by atoms with E-state index in [1.807, 2.05) is 12.1 Å². The SMILES string of the molecule is Br.Oc1cccc2c1CCC(NCc1ccccc1)C2. The van der Waals surface area contributed by atoms with E-state index in [9.17, 15) is 5.11 Å². The van der Waals surface area contributed by atoms with Crippen LogP contribution in [0.5, 0.6) is 5.75 Å². The highest BCUT2D eigenvalue weighted by molar-refractivity contribution is 8.93. The topological polar surface area (TPSA) is 32.3 Å². The summed E-state index contributed by atoms with van der Waals surface area (Å²) in [6.07, 6.45) is 3.07. The molecule has 0 aliphatic heterocycles. The molecule has 1 aliphatic rings. The summed E-state index contributed by atoms with van der Waals surface area (Å²) in [6, 6.07) is 16.9. The van der Waals surface area contributed by atoms with Crippen molar-refractivity contribution < 1.29 is 5.11 Å². The fourth-order valence-corrected chi connectivity index (χ4v) is 2.82. The van der Waals surface area contributed by atoms with Gasteiger partial charge in [0.05, 0.1) is 0 Å². The predicted octanol–water partition coefficient (Wildman–Crippen LogP) is 3.62. The number of halogens is 1. The number of benzene rings is 2. The van der Waals surface area contributed by atoms with Gasteiger partial charge in [0.25, 0.3) is 0 Å². The van der Waals surface area contributed by atoms with Gasteiger partial charge in [0, 0.05) is 12.6 Å². The number of hydrogen-bond donors (Lipinski definition) is 2. The lowest BCUT2D eigenvalue weighted by Crippen LogP contribution is -2.34. The fraction of sp³-hybridized carbons (Fsp3) is 0.294. The molecule has 1 aliphatic carbocycles. The third-order valence-corrected chi connectivity index (χ3v) is 3.90. The number of nitrogens with one attached hydrogen (secondary N) is 1. The summed E-state index contributed by atoms with van der Waals surface area (Å²) in [6.45, 7) is 0.916. The van der Waals surface area contributed by atoms with Crippen LogP contribution in [0, 0.1) is 0 Å². The Bertz CT molecular complexity index is 556. The van der Waals surface area contributed by atoms with Crippen molar-refractivity contribution in [3.05, 3.63) is 65.2 Å². The maximum absolute atomic E-state index is 9.83. The van der Waals surface area contributed by atoms with Gasteiger partial charge >= 0.3 is 0 Å². The van der Waals surface area contributed by atoms with Crippen LogP contribution in [0.25, 0.3) is 0 Å². The van der Waals surface area contributed by atoms with Gasteiger partial charge in [-0.3, -0.25) is 0 Å². The molecule has 106 valence electrons. The Morgan fingerprint density at radius 1 is 1.05 bits per heavy atom. The van der Waals surface area contributed by atoms with Crippen LogP contribution in [0.1, 0.15) is 23.1 Å². The van der Waals surface area contributed by atoms with Gasteiger partial charge in [-0.05, 0) is 42.0 Å². The Morgan fingerprint density at radius 2 is 1.85 bits per heavy atom. The van der Waals surface area contributed by atoms with E-state index in [1.54, 1.807) is 6.07 Å². The molecule has 20 heavy (non-hydrogen) atoms. The second-order valence-corrected chi connectivity index (χ2v) is 5.22. The summed E-state index contributed by atoms with van der Waals surface area (Å²) in [4.78, 5) is 0. The molecule has 0 fully saturated rings. The lowest BCUT2D eigenvalue weighted by molar-refractivity contribution is 0.431. The summed E-state index contributed by atoms with van der Waals surface area (Å²) < 4.78 is 0. The second-order valence-electron chi connectivity index (χ2n) is 5.22. The number of phenols is 1. The molecule has 3 rings (SSSR count). The number of aromatic hydroxyl groups is 1. The summed E-state index contributed by atoms with van der Waals surface area (Å²) in [5, 5.41) is 13.4. The standard InChI is InChI=1S/C17H19NO.BrH/c19-17-8-4-7-14-11-15(9-10-16(14)17)18-12-13-5-2-1-3-6-13;/h1-8,15,18-19H,9-12H2;1H. The van der Waals surface area contributed by atoms with Gasteiger partial charge in [-0.15, -0.1) is 17.0 Å². The molecule has 0 radical (unpaired) electrons. The van der Waals surface area contributed by atoms with Gasteiger partial charge in [0.15, 0.2) is 0 Å². The number of rotatable bonds is 3. The van der Waals surface area contributed by atoms with Crippen molar-refractivity contribution in [1.82, 2.24) is 5.32 Å². The number of hydrogen-bond acceptors (Lipinski definition) is 2. The highest BCUT2D eigenvalue weighted by atomic mass is 79.9. The van der Waals surface area contributed by atoms with Crippen LogP contribution in [0.3, 0.4) is 0 Å². The average molecular weight is 334 g/mol. The van der Waals surface area contributed by atoms with Crippen LogP contribution in [0.2, 0.25) is 0 Å². The largest absolute Gasteiger partial charge is 0.508 e. The Morgan fingerprint density at radius 3 is 2.65 bits per heavy atom. The quantitative estimate of drug-likeness (QED) is 0.899. The molecule has 0 saturated heterocycles. The average Bonchev–Trinajstić information content (AvgIpc) is 2.46. The molecule has 0 saturated carbocycles. The Hall–Kier alpha value is -1.32. The van der Waals surface area contributed by atoms with Crippen molar-refractivity contribution in [2.24, 2.45) is 0 Å². The van der Waals surface area contributed by atoms with Crippen molar-refractivity contribution in [1.29, 1.82) is 0 Å². The van der Waals surface area contributed by atoms with Crippen LogP contribution < -0.4 is 5.32 Å². The summed E-state index contributed by atoms with van der Waals surface area (Å²) in [7, 11) is 0. The van der Waals surface area contributed by atoms with Gasteiger partial charge in [-0.1, -0.05) is 42.5 Å². The smallest absolute Gasteiger partial charge is 0.119 e. The molecule has 1 unspecified atom stereocenters. The summed E-state index contributed by atoms with van der Waals surface area (Å²) in [5.74, 6) is 0.457. The lowest BCUT2D eigenvalue weighted by atomic mass is 9.87. The first-order chi connectivity index (χ1) is 9.33. The van der Waals surface area contributed by atoms with E-state index in [0.29, 0.717) is 11.8 Å². The minimum atomic E-state index is 0. The van der Waals surface area contributed by atoms with Crippen LogP contribution >= 0.6 is 17.0 Å². The highest BCUT2D eigenvalue weighted by Crippen LogP contribution is 2.28. The number of fused-ring (bicyclic) bond motifs is 1. The highest BCUT2D eigenvalue weighted by Gasteiger charge is 2.19. The normalized spacial score (nSPS) is 17.1.